The molecule has 2 aromatic rings. The van der Waals surface area contributed by atoms with Gasteiger partial charge in [-0.05, 0) is 30.5 Å². The molecule has 1 unspecified atom stereocenters. The van der Waals surface area contributed by atoms with Crippen LogP contribution in [0.3, 0.4) is 0 Å². The number of hydrogen-bond donors (Lipinski definition) is 0. The minimum absolute atomic E-state index is 0.0246. The Labute approximate surface area is 168 Å². The summed E-state index contributed by atoms with van der Waals surface area (Å²) in [5, 5.41) is 0. The van der Waals surface area contributed by atoms with Gasteiger partial charge in [-0.1, -0.05) is 42.5 Å². The number of halogens is 2. The maximum absolute atomic E-state index is 12.9. The van der Waals surface area contributed by atoms with Crippen molar-refractivity contribution in [2.75, 3.05) is 20.1 Å². The van der Waals surface area contributed by atoms with E-state index < -0.39 is 12.5 Å². The Kier molecular flexibility index (Phi) is 6.80. The first kappa shape index (κ1) is 20.8. The highest BCUT2D eigenvalue weighted by Crippen LogP contribution is 2.26. The van der Waals surface area contributed by atoms with Gasteiger partial charge < -0.3 is 14.5 Å². The van der Waals surface area contributed by atoms with E-state index in [0.717, 1.165) is 5.56 Å². The van der Waals surface area contributed by atoms with Crippen LogP contribution < -0.4 is 4.74 Å². The fraction of sp³-hybridized carbons (Fsp3) is 0.364. The normalized spacial score (nSPS) is 16.6. The number of benzene rings is 2. The molecule has 1 aliphatic heterocycles. The number of nitrogens with zero attached hydrogens (tertiary/aromatic N) is 2. The fourth-order valence-electron chi connectivity index (χ4n) is 3.62. The van der Waals surface area contributed by atoms with E-state index in [-0.39, 0.29) is 29.7 Å². The molecule has 0 spiro atoms. The van der Waals surface area contributed by atoms with Crippen molar-refractivity contribution >= 4 is 11.8 Å². The summed E-state index contributed by atoms with van der Waals surface area (Å²) in [7, 11) is 1.75. The third-order valence-electron chi connectivity index (χ3n) is 5.03. The Morgan fingerprint density at radius 3 is 2.55 bits per heavy atom. The van der Waals surface area contributed by atoms with Gasteiger partial charge in [0.05, 0.1) is 11.5 Å². The van der Waals surface area contributed by atoms with Gasteiger partial charge >= 0.3 is 6.61 Å². The number of carbonyl (C=O) groups excluding carboxylic acids is 2. The Balaban J connectivity index is 1.67. The van der Waals surface area contributed by atoms with E-state index in [1.165, 1.54) is 18.2 Å². The van der Waals surface area contributed by atoms with E-state index >= 15 is 0 Å². The molecular formula is C22H24F2N2O3. The summed E-state index contributed by atoms with van der Waals surface area (Å²) in [6.45, 7) is -1.77. The summed E-state index contributed by atoms with van der Waals surface area (Å²) in [5.41, 5.74) is 1.11. The van der Waals surface area contributed by atoms with Crippen LogP contribution in [-0.2, 0) is 11.3 Å². The van der Waals surface area contributed by atoms with E-state index in [1.54, 1.807) is 22.9 Å². The Morgan fingerprint density at radius 2 is 1.83 bits per heavy atom. The van der Waals surface area contributed by atoms with Crippen molar-refractivity contribution in [3.63, 3.8) is 0 Å². The predicted octanol–water partition coefficient (Wildman–Crippen LogP) is 3.80. The number of rotatable bonds is 6. The summed E-state index contributed by atoms with van der Waals surface area (Å²) < 4.78 is 29.8. The van der Waals surface area contributed by atoms with Gasteiger partial charge in [0.15, 0.2) is 0 Å². The molecule has 1 saturated heterocycles. The number of ether oxygens (including phenoxy) is 1. The molecule has 29 heavy (non-hydrogen) atoms. The molecule has 0 aliphatic carbocycles. The van der Waals surface area contributed by atoms with Gasteiger partial charge in [-0.15, -0.1) is 0 Å². The monoisotopic (exact) mass is 402 g/mol. The van der Waals surface area contributed by atoms with E-state index in [9.17, 15) is 18.4 Å². The maximum atomic E-state index is 12.9. The van der Waals surface area contributed by atoms with Crippen molar-refractivity contribution in [3.05, 3.63) is 65.7 Å². The Hall–Kier alpha value is -2.96. The summed E-state index contributed by atoms with van der Waals surface area (Å²) in [4.78, 5) is 29.0. The van der Waals surface area contributed by atoms with Gasteiger partial charge in [0, 0.05) is 26.7 Å². The number of alkyl halides is 2. The first-order valence-electron chi connectivity index (χ1n) is 9.57. The van der Waals surface area contributed by atoms with Crippen molar-refractivity contribution in [1.82, 2.24) is 9.80 Å². The van der Waals surface area contributed by atoms with Crippen LogP contribution >= 0.6 is 0 Å². The summed E-state index contributed by atoms with van der Waals surface area (Å²) in [5.74, 6) is -0.889. The molecule has 154 valence electrons. The standard InChI is InChI=1S/C22H24F2N2O3/c1-25(14-16-8-3-2-4-9-16)20(27)17-10-7-13-26(15-17)21(28)18-11-5-6-12-19(18)29-22(23)24/h2-6,8-9,11-12,17,22H,7,10,13-15H2,1H3. The topological polar surface area (TPSA) is 49.9 Å². The lowest BCUT2D eigenvalue weighted by molar-refractivity contribution is -0.136. The second-order valence-corrected chi connectivity index (χ2v) is 7.14. The third kappa shape index (κ3) is 5.31. The molecule has 0 radical (unpaired) electrons. The molecule has 5 nitrogen and oxygen atoms in total. The molecule has 0 bridgehead atoms. The molecular weight excluding hydrogens is 378 g/mol. The number of piperidine rings is 1. The zero-order valence-corrected chi connectivity index (χ0v) is 16.3. The average Bonchev–Trinajstić information content (AvgIpc) is 2.73. The number of amides is 2. The van der Waals surface area contributed by atoms with Crippen molar-refractivity contribution in [2.24, 2.45) is 5.92 Å². The van der Waals surface area contributed by atoms with Gasteiger partial charge in [-0.3, -0.25) is 9.59 Å². The molecule has 1 heterocycles. The molecule has 0 N–H and O–H groups in total. The van der Waals surface area contributed by atoms with E-state index in [1.807, 2.05) is 30.3 Å². The van der Waals surface area contributed by atoms with E-state index in [2.05, 4.69) is 4.74 Å². The van der Waals surface area contributed by atoms with Crippen LogP contribution in [0.25, 0.3) is 0 Å². The second-order valence-electron chi connectivity index (χ2n) is 7.14. The third-order valence-corrected chi connectivity index (χ3v) is 5.03. The van der Waals surface area contributed by atoms with Crippen LogP contribution in [0, 0.1) is 5.92 Å². The van der Waals surface area contributed by atoms with Crippen LogP contribution in [0.15, 0.2) is 54.6 Å². The van der Waals surface area contributed by atoms with Crippen LogP contribution in [0.4, 0.5) is 8.78 Å². The van der Waals surface area contributed by atoms with Gasteiger partial charge in [-0.2, -0.15) is 8.78 Å². The number of hydrogen-bond acceptors (Lipinski definition) is 3. The van der Waals surface area contributed by atoms with E-state index in [0.29, 0.717) is 25.9 Å². The lowest BCUT2D eigenvalue weighted by Crippen LogP contribution is -2.45. The molecule has 2 aromatic carbocycles. The number of para-hydroxylation sites is 1. The van der Waals surface area contributed by atoms with Crippen molar-refractivity contribution in [3.8, 4) is 5.75 Å². The van der Waals surface area contributed by atoms with Crippen molar-refractivity contribution < 1.29 is 23.1 Å². The predicted molar refractivity (Wildman–Crippen MR) is 105 cm³/mol. The molecule has 1 aliphatic rings. The summed E-state index contributed by atoms with van der Waals surface area (Å²) >= 11 is 0. The summed E-state index contributed by atoms with van der Waals surface area (Å²) in [6, 6.07) is 15.6. The number of likely N-dealkylation sites (tertiary alicyclic amines) is 1. The van der Waals surface area contributed by atoms with Gasteiger partial charge in [0.2, 0.25) is 5.91 Å². The molecule has 0 aromatic heterocycles. The minimum Gasteiger partial charge on any atom is -0.434 e. The van der Waals surface area contributed by atoms with Gasteiger partial charge in [0.1, 0.15) is 5.75 Å². The van der Waals surface area contributed by atoms with Crippen LogP contribution in [0.5, 0.6) is 5.75 Å². The first-order valence-corrected chi connectivity index (χ1v) is 9.57. The molecule has 1 atom stereocenters. The lowest BCUT2D eigenvalue weighted by Gasteiger charge is -2.34. The Bertz CT molecular complexity index is 845. The highest BCUT2D eigenvalue weighted by molar-refractivity contribution is 5.97. The van der Waals surface area contributed by atoms with Crippen molar-refractivity contribution in [1.29, 1.82) is 0 Å². The van der Waals surface area contributed by atoms with E-state index in [4.69, 9.17) is 0 Å². The first-order chi connectivity index (χ1) is 14.0. The van der Waals surface area contributed by atoms with Crippen LogP contribution in [-0.4, -0.2) is 48.4 Å². The lowest BCUT2D eigenvalue weighted by atomic mass is 9.95. The van der Waals surface area contributed by atoms with Crippen molar-refractivity contribution in [2.45, 2.75) is 26.0 Å². The number of carbonyl (C=O) groups is 2. The molecule has 3 rings (SSSR count). The molecule has 0 saturated carbocycles. The maximum Gasteiger partial charge on any atom is 0.387 e. The Morgan fingerprint density at radius 1 is 1.14 bits per heavy atom. The second kappa shape index (κ2) is 9.49. The molecule has 7 heteroatoms. The SMILES string of the molecule is CN(Cc1ccccc1)C(=O)C1CCCN(C(=O)c2ccccc2OC(F)F)C1. The smallest absolute Gasteiger partial charge is 0.387 e. The van der Waals surface area contributed by atoms with Crippen LogP contribution in [0.1, 0.15) is 28.8 Å². The highest BCUT2D eigenvalue weighted by Gasteiger charge is 2.31. The molecule has 1 fully saturated rings. The molecule has 2 amide bonds. The highest BCUT2D eigenvalue weighted by atomic mass is 19.3. The fourth-order valence-corrected chi connectivity index (χ4v) is 3.62. The van der Waals surface area contributed by atoms with Gasteiger partial charge in [0.25, 0.3) is 5.91 Å². The van der Waals surface area contributed by atoms with Gasteiger partial charge in [-0.25, -0.2) is 0 Å². The minimum atomic E-state index is -3.01. The largest absolute Gasteiger partial charge is 0.434 e. The zero-order valence-electron chi connectivity index (χ0n) is 16.3. The van der Waals surface area contributed by atoms with Crippen LogP contribution in [0.2, 0.25) is 0 Å². The zero-order chi connectivity index (χ0) is 20.8. The quantitative estimate of drug-likeness (QED) is 0.739. The average molecular weight is 402 g/mol. The summed E-state index contributed by atoms with van der Waals surface area (Å²) in [6.07, 6.45) is 1.37.